The second-order valence-electron chi connectivity index (χ2n) is 8.32. The molecule has 2 aromatic heterocycles. The fourth-order valence-corrected chi connectivity index (χ4v) is 4.63. The van der Waals surface area contributed by atoms with Crippen LogP contribution < -0.4 is 15.0 Å². The van der Waals surface area contributed by atoms with Crippen molar-refractivity contribution in [1.82, 2.24) is 9.66 Å². The Balaban J connectivity index is 1.63. The first kappa shape index (κ1) is 25.5. The number of benzene rings is 3. The molecule has 1 N–H and O–H groups in total. The summed E-state index contributed by atoms with van der Waals surface area (Å²) in [5.41, 5.74) is 1.46. The number of hydrogen-bond donors (Lipinski definition) is 1. The van der Waals surface area contributed by atoms with Gasteiger partial charge in [0.05, 0.1) is 27.3 Å². The number of aromatic nitrogens is 2. The summed E-state index contributed by atoms with van der Waals surface area (Å²) in [5, 5.41) is 15.0. The number of carboxylic acids is 1. The highest BCUT2D eigenvalue weighted by Crippen LogP contribution is 2.35. The van der Waals surface area contributed by atoms with Gasteiger partial charge in [-0.25, -0.2) is 9.78 Å². The number of rotatable bonds is 8. The van der Waals surface area contributed by atoms with Gasteiger partial charge < -0.3 is 19.0 Å². The fourth-order valence-electron chi connectivity index (χ4n) is 3.87. The summed E-state index contributed by atoms with van der Waals surface area (Å²) in [6.07, 6.45) is 0.454. The van der Waals surface area contributed by atoms with Crippen LogP contribution in [0.15, 0.2) is 81.0 Å². The highest BCUT2D eigenvalue weighted by Gasteiger charge is 2.20. The largest absolute Gasteiger partial charge is 0.490 e. The minimum atomic E-state index is -1.09. The van der Waals surface area contributed by atoms with Crippen molar-refractivity contribution in [3.8, 4) is 23.1 Å². The molecule has 2 heterocycles. The zero-order valence-electron chi connectivity index (χ0n) is 20.4. The smallest absolute Gasteiger partial charge is 0.344 e. The predicted octanol–water partition coefficient (Wildman–Crippen LogP) is 5.55. The average Bonchev–Trinajstić information content (AvgIpc) is 3.34. The molecular formula is C28H22IN3O6. The molecule has 0 saturated heterocycles. The topological polar surface area (TPSA) is 116 Å². The van der Waals surface area contributed by atoms with Gasteiger partial charge in [0.1, 0.15) is 5.58 Å². The quantitative estimate of drug-likeness (QED) is 0.178. The van der Waals surface area contributed by atoms with Crippen LogP contribution in [-0.2, 0) is 4.79 Å². The van der Waals surface area contributed by atoms with Crippen LogP contribution in [0.1, 0.15) is 19.4 Å². The van der Waals surface area contributed by atoms with Gasteiger partial charge in [-0.2, -0.15) is 9.78 Å². The van der Waals surface area contributed by atoms with Crippen molar-refractivity contribution in [3.05, 3.63) is 86.2 Å². The van der Waals surface area contributed by atoms with E-state index in [1.54, 1.807) is 30.3 Å². The average molecular weight is 623 g/mol. The van der Waals surface area contributed by atoms with E-state index in [0.29, 0.717) is 49.5 Å². The summed E-state index contributed by atoms with van der Waals surface area (Å²) in [6.45, 7) is 3.61. The Morgan fingerprint density at radius 2 is 1.95 bits per heavy atom. The number of ether oxygens (including phenoxy) is 2. The lowest BCUT2D eigenvalue weighted by Crippen LogP contribution is -2.23. The number of carbonyl (C=O) groups is 1. The van der Waals surface area contributed by atoms with E-state index in [1.807, 2.05) is 65.9 Å². The molecular weight excluding hydrogens is 601 g/mol. The lowest BCUT2D eigenvalue weighted by molar-refractivity contribution is -0.144. The van der Waals surface area contributed by atoms with Gasteiger partial charge in [0.2, 0.25) is 5.82 Å². The Hall–Kier alpha value is -4.19. The molecule has 0 fully saturated rings. The monoisotopic (exact) mass is 623 g/mol. The highest BCUT2D eigenvalue weighted by atomic mass is 127. The number of carboxylic acid groups (broad SMARTS) is 1. The molecule has 10 heteroatoms. The number of aliphatic carboxylic acids is 1. The highest BCUT2D eigenvalue weighted by molar-refractivity contribution is 14.1. The third-order valence-corrected chi connectivity index (χ3v) is 6.50. The Kier molecular flexibility index (Phi) is 7.14. The van der Waals surface area contributed by atoms with Crippen LogP contribution >= 0.6 is 22.6 Å². The standard InChI is InChI=1S/C28H22IN3O6/c1-3-36-23-13-17(12-20(29)25(23)37-16(2)28(34)35)15-30-32-26(24-14-18-8-4-7-11-22(18)38-24)31-21-10-6-5-9-19(21)27(32)33/h4-16H,3H2,1-2H3,(H,34,35)/t16-/m1/s1. The minimum Gasteiger partial charge on any atom is -0.490 e. The summed E-state index contributed by atoms with van der Waals surface area (Å²) in [7, 11) is 0. The normalized spacial score (nSPS) is 12.3. The number of halogens is 1. The van der Waals surface area contributed by atoms with Crippen LogP contribution in [0.2, 0.25) is 0 Å². The molecule has 0 unspecified atom stereocenters. The van der Waals surface area contributed by atoms with Crippen molar-refractivity contribution in [2.75, 3.05) is 6.61 Å². The van der Waals surface area contributed by atoms with Crippen molar-refractivity contribution < 1.29 is 23.8 Å². The van der Waals surface area contributed by atoms with Crippen LogP contribution in [0, 0.1) is 3.57 Å². The molecule has 0 radical (unpaired) electrons. The molecule has 5 aromatic rings. The second kappa shape index (κ2) is 10.7. The molecule has 0 amide bonds. The first-order valence-electron chi connectivity index (χ1n) is 11.8. The molecule has 1 atom stereocenters. The van der Waals surface area contributed by atoms with Gasteiger partial charge in [0, 0.05) is 5.39 Å². The molecule has 9 nitrogen and oxygen atoms in total. The Morgan fingerprint density at radius 3 is 2.71 bits per heavy atom. The Labute approximate surface area is 230 Å². The summed E-state index contributed by atoms with van der Waals surface area (Å²) < 4.78 is 19.2. The molecule has 0 spiro atoms. The molecule has 0 saturated carbocycles. The van der Waals surface area contributed by atoms with Crippen LogP contribution in [-0.4, -0.2) is 39.7 Å². The SMILES string of the molecule is CCOc1cc(C=Nn2c(-c3cc4ccccc4o3)nc3ccccc3c2=O)cc(I)c1O[C@H](C)C(=O)O. The number of hydrogen-bond acceptors (Lipinski definition) is 7. The zero-order chi connectivity index (χ0) is 26.8. The van der Waals surface area contributed by atoms with E-state index in [-0.39, 0.29) is 11.4 Å². The van der Waals surface area contributed by atoms with E-state index in [2.05, 4.69) is 5.10 Å². The van der Waals surface area contributed by atoms with Crippen molar-refractivity contribution >= 4 is 56.6 Å². The van der Waals surface area contributed by atoms with E-state index in [4.69, 9.17) is 18.9 Å². The molecule has 5 rings (SSSR count). The number of nitrogens with zero attached hydrogens (tertiary/aromatic N) is 3. The number of fused-ring (bicyclic) bond motifs is 2. The second-order valence-corrected chi connectivity index (χ2v) is 9.49. The molecule has 0 bridgehead atoms. The van der Waals surface area contributed by atoms with Gasteiger partial charge in [-0.3, -0.25) is 4.79 Å². The van der Waals surface area contributed by atoms with Gasteiger partial charge in [-0.05, 0) is 78.4 Å². The summed E-state index contributed by atoms with van der Waals surface area (Å²) >= 11 is 2.05. The minimum absolute atomic E-state index is 0.260. The van der Waals surface area contributed by atoms with Crippen LogP contribution in [0.25, 0.3) is 33.5 Å². The van der Waals surface area contributed by atoms with Gasteiger partial charge in [0.25, 0.3) is 5.56 Å². The Bertz CT molecular complexity index is 1720. The summed E-state index contributed by atoms with van der Waals surface area (Å²) in [4.78, 5) is 29.5. The maximum Gasteiger partial charge on any atom is 0.344 e. The molecule has 0 aliphatic carbocycles. The first-order valence-corrected chi connectivity index (χ1v) is 12.8. The van der Waals surface area contributed by atoms with E-state index in [1.165, 1.54) is 17.8 Å². The third-order valence-electron chi connectivity index (χ3n) is 5.70. The van der Waals surface area contributed by atoms with Crippen LogP contribution in [0.4, 0.5) is 0 Å². The van der Waals surface area contributed by atoms with Gasteiger partial charge >= 0.3 is 5.97 Å². The van der Waals surface area contributed by atoms with E-state index >= 15 is 0 Å². The molecule has 3 aromatic carbocycles. The predicted molar refractivity (Wildman–Crippen MR) is 152 cm³/mol. The van der Waals surface area contributed by atoms with E-state index < -0.39 is 12.1 Å². The van der Waals surface area contributed by atoms with Gasteiger partial charge in [-0.15, -0.1) is 0 Å². The van der Waals surface area contributed by atoms with Crippen molar-refractivity contribution in [2.45, 2.75) is 20.0 Å². The zero-order valence-corrected chi connectivity index (χ0v) is 22.6. The van der Waals surface area contributed by atoms with Crippen LogP contribution in [0.5, 0.6) is 11.5 Å². The molecule has 0 aliphatic heterocycles. The summed E-state index contributed by atoms with van der Waals surface area (Å²) in [6, 6.07) is 19.9. The summed E-state index contributed by atoms with van der Waals surface area (Å²) in [5.74, 6) is 0.274. The molecule has 192 valence electrons. The number of furan rings is 1. The maximum absolute atomic E-state index is 13.5. The Morgan fingerprint density at radius 1 is 1.18 bits per heavy atom. The van der Waals surface area contributed by atoms with Crippen LogP contribution in [0.3, 0.4) is 0 Å². The molecule has 0 aliphatic rings. The van der Waals surface area contributed by atoms with Crippen molar-refractivity contribution in [1.29, 1.82) is 0 Å². The van der Waals surface area contributed by atoms with Gasteiger partial charge in [-0.1, -0.05) is 30.3 Å². The van der Waals surface area contributed by atoms with Gasteiger partial charge in [0.15, 0.2) is 23.4 Å². The third kappa shape index (κ3) is 4.99. The molecule has 38 heavy (non-hydrogen) atoms. The lowest BCUT2D eigenvalue weighted by atomic mass is 10.2. The van der Waals surface area contributed by atoms with E-state index in [9.17, 15) is 14.7 Å². The lowest BCUT2D eigenvalue weighted by Gasteiger charge is -2.17. The van der Waals surface area contributed by atoms with Crippen molar-refractivity contribution in [3.63, 3.8) is 0 Å². The maximum atomic E-state index is 13.5. The fraction of sp³-hybridized carbons (Fsp3) is 0.143. The number of para-hydroxylation sites is 2. The first-order chi connectivity index (χ1) is 18.4. The van der Waals surface area contributed by atoms with Crippen molar-refractivity contribution in [2.24, 2.45) is 5.10 Å². The van der Waals surface area contributed by atoms with E-state index in [0.717, 1.165) is 5.39 Å².